The van der Waals surface area contributed by atoms with Gasteiger partial charge < -0.3 is 19.7 Å². The largest absolute Gasteiger partial charge is 0.497 e. The lowest BCUT2D eigenvalue weighted by Gasteiger charge is -2.32. The van der Waals surface area contributed by atoms with Crippen LogP contribution in [0.1, 0.15) is 37.7 Å². The smallest absolute Gasteiger partial charge is 0.136 e. The predicted octanol–water partition coefficient (Wildman–Crippen LogP) is 4.16. The van der Waals surface area contributed by atoms with Gasteiger partial charge in [0.15, 0.2) is 0 Å². The van der Waals surface area contributed by atoms with E-state index >= 15 is 0 Å². The third-order valence-electron chi connectivity index (χ3n) is 5.58. The van der Waals surface area contributed by atoms with Gasteiger partial charge in [-0.25, -0.2) is 4.98 Å². The molecule has 2 fully saturated rings. The summed E-state index contributed by atoms with van der Waals surface area (Å²) >= 11 is 6.66. The molecule has 2 saturated heterocycles. The lowest BCUT2D eigenvalue weighted by atomic mass is 10.0. The van der Waals surface area contributed by atoms with Crippen LogP contribution in [0.4, 0.5) is 5.69 Å². The van der Waals surface area contributed by atoms with E-state index in [1.807, 2.05) is 12.1 Å². The van der Waals surface area contributed by atoms with Crippen LogP contribution in [0.5, 0.6) is 5.75 Å². The lowest BCUT2D eigenvalue weighted by Crippen LogP contribution is -2.32. The molecule has 0 radical (unpaired) electrons. The van der Waals surface area contributed by atoms with E-state index < -0.39 is 0 Å². The van der Waals surface area contributed by atoms with Gasteiger partial charge in [0.2, 0.25) is 0 Å². The van der Waals surface area contributed by atoms with Gasteiger partial charge in [-0.1, -0.05) is 11.6 Å². The Balaban J connectivity index is 1.69. The molecule has 2 aliphatic rings. The summed E-state index contributed by atoms with van der Waals surface area (Å²) in [5.74, 6) is 0.850. The van der Waals surface area contributed by atoms with Gasteiger partial charge in [-0.2, -0.15) is 0 Å². The maximum atomic E-state index is 6.66. The molecule has 1 unspecified atom stereocenters. The Morgan fingerprint density at radius 1 is 1.26 bits per heavy atom. The molecule has 1 aromatic heterocycles. The maximum Gasteiger partial charge on any atom is 0.136 e. The number of nitrogens with one attached hydrogen (secondary N) is 1. The number of nitrogens with zero attached hydrogens (tertiary/aromatic N) is 2. The highest BCUT2D eigenvalue weighted by Gasteiger charge is 2.22. The summed E-state index contributed by atoms with van der Waals surface area (Å²) in [7, 11) is 1.70. The van der Waals surface area contributed by atoms with Gasteiger partial charge in [0.05, 0.1) is 24.4 Å². The van der Waals surface area contributed by atoms with Crippen molar-refractivity contribution in [2.24, 2.45) is 0 Å². The number of hydrogen-bond donors (Lipinski definition) is 1. The Bertz CT molecular complexity index is 787. The average Bonchev–Trinajstić information content (AvgIpc) is 3.22. The molecule has 0 amide bonds. The first-order chi connectivity index (χ1) is 13.3. The topological polar surface area (TPSA) is 46.6 Å². The Kier molecular flexibility index (Phi) is 6.01. The molecule has 27 heavy (non-hydrogen) atoms. The van der Waals surface area contributed by atoms with Crippen LogP contribution in [-0.4, -0.2) is 44.4 Å². The molecule has 146 valence electrons. The second kappa shape index (κ2) is 8.63. The van der Waals surface area contributed by atoms with Crippen LogP contribution < -0.4 is 15.0 Å². The molecule has 4 rings (SSSR count). The first-order valence-corrected chi connectivity index (χ1v) is 10.4. The quantitative estimate of drug-likeness (QED) is 0.752. The predicted molar refractivity (Wildman–Crippen MR) is 110 cm³/mol. The molecule has 6 heteroatoms. The first kappa shape index (κ1) is 18.8. The normalized spacial score (nSPS) is 20.4. The van der Waals surface area contributed by atoms with Crippen molar-refractivity contribution in [3.05, 3.63) is 28.9 Å². The van der Waals surface area contributed by atoms with Crippen molar-refractivity contribution < 1.29 is 9.47 Å². The van der Waals surface area contributed by atoms with Crippen LogP contribution in [-0.2, 0) is 11.3 Å². The summed E-state index contributed by atoms with van der Waals surface area (Å²) in [6, 6.07) is 6.03. The molecule has 1 N–H and O–H groups in total. The summed E-state index contributed by atoms with van der Waals surface area (Å²) in [6.07, 6.45) is 6.33. The van der Waals surface area contributed by atoms with E-state index in [4.69, 9.17) is 21.1 Å². The highest BCUT2D eigenvalue weighted by molar-refractivity contribution is 6.31. The second-order valence-electron chi connectivity index (χ2n) is 7.43. The van der Waals surface area contributed by atoms with Gasteiger partial charge in [-0.15, -0.1) is 0 Å². The molecule has 0 saturated carbocycles. The molecule has 0 bridgehead atoms. The number of halogens is 1. The van der Waals surface area contributed by atoms with Crippen LogP contribution in [0.3, 0.4) is 0 Å². The number of benzene rings is 1. The summed E-state index contributed by atoms with van der Waals surface area (Å²) in [5.41, 5.74) is 3.21. The molecule has 1 atom stereocenters. The average molecular weight is 390 g/mol. The van der Waals surface area contributed by atoms with Crippen molar-refractivity contribution in [2.75, 3.05) is 38.3 Å². The standard InChI is InChI=1S/C21H28ClN3O2/c1-26-15-7-8-19-17(12-15)20(25-9-3-2-4-10-25)18(21(22)24-19)14-23-13-16-6-5-11-27-16/h7-8,12,16,23H,2-6,9-11,13-14H2,1H3. The van der Waals surface area contributed by atoms with Crippen LogP contribution in [0, 0.1) is 0 Å². The van der Waals surface area contributed by atoms with E-state index in [0.717, 1.165) is 61.3 Å². The molecule has 0 spiro atoms. The minimum absolute atomic E-state index is 0.315. The fourth-order valence-corrected chi connectivity index (χ4v) is 4.41. The number of methoxy groups -OCH3 is 1. The molecular weight excluding hydrogens is 362 g/mol. The third kappa shape index (κ3) is 4.15. The summed E-state index contributed by atoms with van der Waals surface area (Å²) in [5, 5.41) is 5.26. The fourth-order valence-electron chi connectivity index (χ4n) is 4.16. The van der Waals surface area contributed by atoms with E-state index in [0.29, 0.717) is 17.8 Å². The number of piperidine rings is 1. The van der Waals surface area contributed by atoms with Gasteiger partial charge in [-0.3, -0.25) is 0 Å². The van der Waals surface area contributed by atoms with Gasteiger partial charge in [0.1, 0.15) is 10.9 Å². The number of rotatable bonds is 6. The highest BCUT2D eigenvalue weighted by atomic mass is 35.5. The van der Waals surface area contributed by atoms with E-state index in [1.165, 1.54) is 24.9 Å². The number of pyridine rings is 1. The highest BCUT2D eigenvalue weighted by Crippen LogP contribution is 2.37. The lowest BCUT2D eigenvalue weighted by molar-refractivity contribution is 0.110. The van der Waals surface area contributed by atoms with Crippen molar-refractivity contribution in [1.82, 2.24) is 10.3 Å². The molecular formula is C21H28ClN3O2. The van der Waals surface area contributed by atoms with Crippen LogP contribution in [0.15, 0.2) is 18.2 Å². The Hall–Kier alpha value is -1.56. The molecule has 2 aromatic rings. The van der Waals surface area contributed by atoms with Crippen molar-refractivity contribution in [1.29, 1.82) is 0 Å². The van der Waals surface area contributed by atoms with Crippen LogP contribution in [0.25, 0.3) is 10.9 Å². The van der Waals surface area contributed by atoms with E-state index in [-0.39, 0.29) is 0 Å². The zero-order valence-corrected chi connectivity index (χ0v) is 16.7. The Labute approximate surface area is 166 Å². The minimum Gasteiger partial charge on any atom is -0.497 e. The summed E-state index contributed by atoms with van der Waals surface area (Å²) in [4.78, 5) is 7.14. The fraction of sp³-hybridized carbons (Fsp3) is 0.571. The molecule has 5 nitrogen and oxygen atoms in total. The number of hydrogen-bond acceptors (Lipinski definition) is 5. The van der Waals surface area contributed by atoms with Crippen LogP contribution in [0.2, 0.25) is 5.15 Å². The first-order valence-electron chi connectivity index (χ1n) is 9.99. The number of anilines is 1. The van der Waals surface area contributed by atoms with Crippen molar-refractivity contribution in [2.45, 2.75) is 44.8 Å². The Morgan fingerprint density at radius 2 is 2.11 bits per heavy atom. The van der Waals surface area contributed by atoms with Gasteiger partial charge >= 0.3 is 0 Å². The van der Waals surface area contributed by atoms with Crippen LogP contribution >= 0.6 is 11.6 Å². The minimum atomic E-state index is 0.315. The SMILES string of the molecule is COc1ccc2nc(Cl)c(CNCC3CCCO3)c(N3CCCCC3)c2c1. The molecule has 1 aromatic carbocycles. The van der Waals surface area contributed by atoms with Gasteiger partial charge in [-0.05, 0) is 50.3 Å². The molecule has 3 heterocycles. The van der Waals surface area contributed by atoms with Gasteiger partial charge in [0.25, 0.3) is 0 Å². The van der Waals surface area contributed by atoms with Gasteiger partial charge in [0, 0.05) is 43.7 Å². The number of aromatic nitrogens is 1. The number of ether oxygens (including phenoxy) is 2. The zero-order valence-electron chi connectivity index (χ0n) is 16.0. The molecule has 0 aliphatic carbocycles. The summed E-state index contributed by atoms with van der Waals surface area (Å²) < 4.78 is 11.2. The Morgan fingerprint density at radius 3 is 2.85 bits per heavy atom. The zero-order chi connectivity index (χ0) is 18.6. The molecule has 2 aliphatic heterocycles. The maximum absolute atomic E-state index is 6.66. The monoisotopic (exact) mass is 389 g/mol. The summed E-state index contributed by atoms with van der Waals surface area (Å²) in [6.45, 7) is 4.55. The second-order valence-corrected chi connectivity index (χ2v) is 7.78. The van der Waals surface area contributed by atoms with Crippen molar-refractivity contribution >= 4 is 28.2 Å². The van der Waals surface area contributed by atoms with Crippen molar-refractivity contribution in [3.63, 3.8) is 0 Å². The van der Waals surface area contributed by atoms with E-state index in [2.05, 4.69) is 21.3 Å². The van der Waals surface area contributed by atoms with Crippen molar-refractivity contribution in [3.8, 4) is 5.75 Å². The van der Waals surface area contributed by atoms with E-state index in [9.17, 15) is 0 Å². The third-order valence-corrected chi connectivity index (χ3v) is 5.90. The number of fused-ring (bicyclic) bond motifs is 1. The van der Waals surface area contributed by atoms with E-state index in [1.54, 1.807) is 7.11 Å².